The highest BCUT2D eigenvalue weighted by molar-refractivity contribution is 6.12. The summed E-state index contributed by atoms with van der Waals surface area (Å²) in [5.74, 6) is 0.273. The summed E-state index contributed by atoms with van der Waals surface area (Å²) in [6.07, 6.45) is 11.8. The molecule has 3 aromatic rings. The fourth-order valence-electron chi connectivity index (χ4n) is 5.12. The molecule has 0 aliphatic carbocycles. The van der Waals surface area contributed by atoms with E-state index in [-0.39, 0.29) is 11.2 Å². The van der Waals surface area contributed by atoms with Gasteiger partial charge in [-0.25, -0.2) is 4.39 Å². The second kappa shape index (κ2) is 12.7. The molecule has 2 nitrogen and oxygen atoms in total. The van der Waals surface area contributed by atoms with Crippen LogP contribution in [0.25, 0.3) is 22.0 Å². The van der Waals surface area contributed by atoms with Gasteiger partial charge in [-0.3, -0.25) is 4.98 Å². The molecule has 0 aliphatic rings. The molecule has 206 valence electrons. The molecule has 0 aliphatic heterocycles. The Bertz CT molecular complexity index is 1460. The number of halogens is 1. The Morgan fingerprint density at radius 3 is 2.51 bits per heavy atom. The Labute approximate surface area is 235 Å². The number of hydrogen-bond acceptors (Lipinski definition) is 2. The first-order valence-electron chi connectivity index (χ1n) is 14.2. The Morgan fingerprint density at radius 1 is 1.15 bits per heavy atom. The monoisotopic (exact) mass is 524 g/mol. The van der Waals surface area contributed by atoms with Crippen LogP contribution >= 0.6 is 0 Å². The first kappa shape index (κ1) is 30.3. The van der Waals surface area contributed by atoms with Gasteiger partial charge in [0, 0.05) is 22.9 Å². The highest BCUT2D eigenvalue weighted by atomic mass is 19.1. The molecule has 1 aromatic heterocycles. The van der Waals surface area contributed by atoms with Gasteiger partial charge in [-0.05, 0) is 135 Å². The standard InChI is InChI=1S/C36H45FN2/c1-10-24(4)15-11-12-16-28-20-29(21-32(37)26(28)6)30-22-31(36(8,9)18-13-14-23(2)3)34(27(7)38)35-33(30)25(5)17-19-39-35/h12,14-15,17,19-22,24,38H,10,13,16,18H2,1-9H3. The predicted octanol–water partition coefficient (Wildman–Crippen LogP) is 10.4. The molecule has 3 rings (SSSR count). The Balaban J connectivity index is 2.29. The zero-order valence-corrected chi connectivity index (χ0v) is 25.3. The van der Waals surface area contributed by atoms with E-state index in [4.69, 9.17) is 10.4 Å². The number of benzene rings is 2. The molecule has 2 aromatic carbocycles. The maximum atomic E-state index is 15.4. The van der Waals surface area contributed by atoms with Gasteiger partial charge in [-0.2, -0.15) is 0 Å². The van der Waals surface area contributed by atoms with Crippen LogP contribution in [0.4, 0.5) is 4.39 Å². The lowest BCUT2D eigenvalue weighted by atomic mass is 9.75. The number of aromatic nitrogens is 1. The van der Waals surface area contributed by atoms with Crippen molar-refractivity contribution in [3.05, 3.63) is 93.6 Å². The van der Waals surface area contributed by atoms with Crippen molar-refractivity contribution in [2.45, 2.75) is 93.4 Å². The topological polar surface area (TPSA) is 36.7 Å². The second-order valence-corrected chi connectivity index (χ2v) is 11.9. The predicted molar refractivity (Wildman–Crippen MR) is 167 cm³/mol. The molecule has 0 saturated carbocycles. The second-order valence-electron chi connectivity index (χ2n) is 11.9. The number of nitrogens with one attached hydrogen (secondary N) is 1. The maximum absolute atomic E-state index is 15.4. The van der Waals surface area contributed by atoms with Crippen molar-refractivity contribution < 1.29 is 4.39 Å². The number of rotatable bonds is 10. The van der Waals surface area contributed by atoms with Gasteiger partial charge >= 0.3 is 0 Å². The van der Waals surface area contributed by atoms with E-state index in [0.29, 0.717) is 23.6 Å². The number of allylic oxidation sites excluding steroid dienone is 3. The van der Waals surface area contributed by atoms with Crippen LogP contribution in [0.3, 0.4) is 0 Å². The van der Waals surface area contributed by atoms with Gasteiger partial charge in [0.15, 0.2) is 0 Å². The van der Waals surface area contributed by atoms with E-state index in [1.807, 2.05) is 32.2 Å². The Kier molecular flexibility index (Phi) is 9.86. The summed E-state index contributed by atoms with van der Waals surface area (Å²) in [7, 11) is 0. The molecule has 1 unspecified atom stereocenters. The molecule has 0 fully saturated rings. The van der Waals surface area contributed by atoms with Gasteiger partial charge in [0.25, 0.3) is 0 Å². The van der Waals surface area contributed by atoms with Crippen molar-refractivity contribution in [1.29, 1.82) is 5.41 Å². The van der Waals surface area contributed by atoms with Crippen molar-refractivity contribution >= 4 is 16.6 Å². The zero-order chi connectivity index (χ0) is 28.9. The lowest BCUT2D eigenvalue weighted by Gasteiger charge is -2.30. The van der Waals surface area contributed by atoms with E-state index >= 15 is 4.39 Å². The number of aryl methyl sites for hydroxylation is 1. The van der Waals surface area contributed by atoms with E-state index in [1.165, 1.54) is 5.57 Å². The molecule has 3 heteroatoms. The summed E-state index contributed by atoms with van der Waals surface area (Å²) < 4.78 is 15.4. The van der Waals surface area contributed by atoms with Crippen LogP contribution in [0.15, 0.2) is 60.0 Å². The van der Waals surface area contributed by atoms with Crippen LogP contribution in [0.5, 0.6) is 0 Å². The molecule has 0 bridgehead atoms. The number of nitrogens with zero attached hydrogens (tertiary/aromatic N) is 1. The normalized spacial score (nSPS) is 12.2. The molecule has 0 radical (unpaired) electrons. The van der Waals surface area contributed by atoms with Crippen LogP contribution in [0.1, 0.15) is 95.5 Å². The largest absolute Gasteiger partial charge is 0.305 e. The average Bonchev–Trinajstić information content (AvgIpc) is 2.87. The fourth-order valence-corrected chi connectivity index (χ4v) is 5.12. The molecule has 1 N–H and O–H groups in total. The minimum atomic E-state index is -0.201. The molecule has 39 heavy (non-hydrogen) atoms. The van der Waals surface area contributed by atoms with Crippen molar-refractivity contribution in [3.63, 3.8) is 0 Å². The molecular weight excluding hydrogens is 479 g/mol. The lowest BCUT2D eigenvalue weighted by molar-refractivity contribution is 0.484. The van der Waals surface area contributed by atoms with Gasteiger partial charge in [0.05, 0.1) is 5.52 Å². The molecule has 0 spiro atoms. The van der Waals surface area contributed by atoms with E-state index in [0.717, 1.165) is 63.5 Å². The highest BCUT2D eigenvalue weighted by Crippen LogP contribution is 2.41. The number of fused-ring (bicyclic) bond motifs is 1. The van der Waals surface area contributed by atoms with Crippen LogP contribution < -0.4 is 0 Å². The average molecular weight is 525 g/mol. The van der Waals surface area contributed by atoms with Gasteiger partial charge in [0.2, 0.25) is 0 Å². The zero-order valence-electron chi connectivity index (χ0n) is 25.3. The van der Waals surface area contributed by atoms with Crippen molar-refractivity contribution in [1.82, 2.24) is 4.98 Å². The van der Waals surface area contributed by atoms with Gasteiger partial charge in [0.1, 0.15) is 5.82 Å². The molecule has 1 atom stereocenters. The van der Waals surface area contributed by atoms with E-state index in [2.05, 4.69) is 78.5 Å². The van der Waals surface area contributed by atoms with Crippen molar-refractivity contribution in [2.24, 2.45) is 5.92 Å². The SMILES string of the molecule is CCC(C)C=C=CCc1cc(-c2cc(C(C)(C)CCC=C(C)C)c(C(C)=N)c3nccc(C)c23)cc(F)c1C. The van der Waals surface area contributed by atoms with Gasteiger partial charge < -0.3 is 5.41 Å². The van der Waals surface area contributed by atoms with Crippen LogP contribution in [-0.2, 0) is 11.8 Å². The third-order valence-electron chi connectivity index (χ3n) is 7.88. The first-order valence-corrected chi connectivity index (χ1v) is 14.2. The van der Waals surface area contributed by atoms with Crippen LogP contribution in [0, 0.1) is 31.0 Å². The van der Waals surface area contributed by atoms with Gasteiger partial charge in [-0.1, -0.05) is 45.4 Å². The van der Waals surface area contributed by atoms with Crippen LogP contribution in [-0.4, -0.2) is 10.7 Å². The lowest BCUT2D eigenvalue weighted by Crippen LogP contribution is -2.21. The molecule has 0 amide bonds. The maximum Gasteiger partial charge on any atom is 0.127 e. The molecule has 1 heterocycles. The first-order chi connectivity index (χ1) is 18.4. The third kappa shape index (κ3) is 7.02. The van der Waals surface area contributed by atoms with Crippen molar-refractivity contribution in [3.8, 4) is 11.1 Å². The summed E-state index contributed by atoms with van der Waals surface area (Å²) in [4.78, 5) is 4.81. The summed E-state index contributed by atoms with van der Waals surface area (Å²) in [6.45, 7) is 18.8. The van der Waals surface area contributed by atoms with E-state index in [1.54, 1.807) is 6.07 Å². The Morgan fingerprint density at radius 2 is 1.87 bits per heavy atom. The minimum Gasteiger partial charge on any atom is -0.305 e. The summed E-state index contributed by atoms with van der Waals surface area (Å²) >= 11 is 0. The minimum absolute atomic E-state index is 0.201. The summed E-state index contributed by atoms with van der Waals surface area (Å²) in [5.41, 5.74) is 12.3. The van der Waals surface area contributed by atoms with E-state index in [9.17, 15) is 0 Å². The molecule has 0 saturated heterocycles. The third-order valence-corrected chi connectivity index (χ3v) is 7.88. The van der Waals surface area contributed by atoms with Gasteiger partial charge in [-0.15, -0.1) is 5.73 Å². The van der Waals surface area contributed by atoms with Crippen molar-refractivity contribution in [2.75, 3.05) is 0 Å². The number of hydrogen-bond donors (Lipinski definition) is 1. The summed E-state index contributed by atoms with van der Waals surface area (Å²) in [6, 6.07) is 8.00. The van der Waals surface area contributed by atoms with Crippen LogP contribution in [0.2, 0.25) is 0 Å². The van der Waals surface area contributed by atoms with E-state index < -0.39 is 0 Å². The molecular formula is C36H45FN2. The smallest absolute Gasteiger partial charge is 0.127 e. The Hall–Kier alpha value is -3.29. The quantitative estimate of drug-likeness (QED) is 0.160. The fraction of sp³-hybridized carbons (Fsp3) is 0.417. The number of pyridine rings is 1. The highest BCUT2D eigenvalue weighted by Gasteiger charge is 2.28. The summed E-state index contributed by atoms with van der Waals surface area (Å²) in [5, 5.41) is 9.73.